The molecular formula is C60H82N18O12S2. The van der Waals surface area contributed by atoms with E-state index in [1.807, 2.05) is 6.07 Å². The molecule has 0 aliphatic carbocycles. The van der Waals surface area contributed by atoms with Gasteiger partial charge < -0.3 is 85.2 Å². The molecule has 3 aliphatic rings. The number of nitrogens with one attached hydrogen (secondary N) is 12. The Morgan fingerprint density at radius 1 is 0.696 bits per heavy atom. The van der Waals surface area contributed by atoms with Crippen LogP contribution in [0.1, 0.15) is 89.0 Å². The summed E-state index contributed by atoms with van der Waals surface area (Å²) in [6, 6.07) is 1.71. The zero-order valence-electron chi connectivity index (χ0n) is 51.4. The highest BCUT2D eigenvalue weighted by atomic mass is 33.1. The number of nitrogens with two attached hydrogens (primary N) is 3. The van der Waals surface area contributed by atoms with Crippen molar-refractivity contribution in [2.75, 3.05) is 31.1 Å². The normalized spacial score (nSPS) is 24.2. The summed E-state index contributed by atoms with van der Waals surface area (Å²) in [6.07, 6.45) is 3.96. The molecule has 10 atom stereocenters. The Kier molecular flexibility index (Phi) is 26.2. The number of hydrogen-bond donors (Lipinski definition) is 15. The van der Waals surface area contributed by atoms with Crippen LogP contribution in [-0.4, -0.2) is 188 Å². The average Bonchev–Trinajstić information content (AvgIpc) is 1.67. The summed E-state index contributed by atoms with van der Waals surface area (Å²) < 4.78 is 0. The summed E-state index contributed by atoms with van der Waals surface area (Å²) >= 11 is 0. The molecule has 3 aliphatic heterocycles. The molecule has 30 nitrogen and oxygen atoms in total. The molecule has 18 N–H and O–H groups in total. The molecule has 5 heterocycles. The number of aromatic amines is 2. The Bertz CT molecular complexity index is 3310. The summed E-state index contributed by atoms with van der Waals surface area (Å²) in [5.74, 6) is -10.9. The molecule has 2 bridgehead atoms. The number of aromatic nitrogens is 3. The Hall–Kier alpha value is -9.20. The van der Waals surface area contributed by atoms with Gasteiger partial charge in [-0.1, -0.05) is 84.0 Å². The van der Waals surface area contributed by atoms with E-state index in [1.54, 1.807) is 68.6 Å². The fourth-order valence-corrected chi connectivity index (χ4v) is 13.2. The minimum Gasteiger partial charge on any atom is -0.370 e. The van der Waals surface area contributed by atoms with E-state index < -0.39 is 144 Å². The third-order valence-electron chi connectivity index (χ3n) is 15.7. The predicted octanol–water partition coefficient (Wildman–Crippen LogP) is -2.43. The predicted molar refractivity (Wildman–Crippen MR) is 343 cm³/mol. The van der Waals surface area contributed by atoms with Gasteiger partial charge in [-0.15, -0.1) is 0 Å². The van der Waals surface area contributed by atoms with E-state index in [0.29, 0.717) is 34.1 Å². The summed E-state index contributed by atoms with van der Waals surface area (Å²) in [4.78, 5) is 188. The van der Waals surface area contributed by atoms with Gasteiger partial charge >= 0.3 is 0 Å². The van der Waals surface area contributed by atoms with Gasteiger partial charge in [0.1, 0.15) is 60.4 Å². The molecule has 2 aromatic carbocycles. The van der Waals surface area contributed by atoms with Crippen molar-refractivity contribution in [3.05, 3.63) is 90.1 Å². The molecule has 12 amide bonds. The van der Waals surface area contributed by atoms with Crippen molar-refractivity contribution in [1.29, 1.82) is 0 Å². The average molecular weight is 1310 g/mol. The molecule has 496 valence electrons. The SMILES string of the molecule is CC(=O)N[C@H]1CSSC[C@@H]2NC(=O)[C@H](Cc3c[nH]c4ccccc34)NC(=O)[C@H](CCCN=C(N)N)NC(=O)[C@@H](Cc3ccccc3)NC(=O)[C@H](Cc3cnc[nH]3)NC(=O)[C@H](CC(=O)NCCCC[C@@H](C(=O)N3CCC[C@H]3C(=O)N[C@H](C(N)=O)C(C)C)NC2=O)NC1=O. The smallest absolute Gasteiger partial charge is 0.245 e. The number of primary amides is 1. The van der Waals surface area contributed by atoms with Gasteiger partial charge in [-0.25, -0.2) is 4.98 Å². The van der Waals surface area contributed by atoms with Crippen LogP contribution in [0.3, 0.4) is 0 Å². The maximum absolute atomic E-state index is 15.3. The van der Waals surface area contributed by atoms with Crippen molar-refractivity contribution in [1.82, 2.24) is 73.0 Å². The number of imidazole rings is 1. The summed E-state index contributed by atoms with van der Waals surface area (Å²) in [5, 5.41) is 27.9. The standard InChI is InChI=1S/C60H82N18O12S2/c1-32(2)49(50(61)81)77-58(89)47-19-12-22-78(47)59(90)40-17-9-10-20-65-48(80)26-44-55(86)74-43(25-36-28-64-31-68-36)54(85)72-41(23-34-13-5-4-6-14-34)52(83)70-39(18-11-21-66-60(62)63)51(82)73-42(24-35-27-67-38-16-8-7-15-37(35)38)53(84)76-46(57(88)71-40)30-92-91-29-45(56(87)75-44)69-33(3)79/h4-8,13-16,27-28,31-32,39-47,49,67H,9-12,17-26,29-30H2,1-3H3,(H2,61,81)(H,64,68)(H,65,80)(H,69,79)(H,70,83)(H,71,88)(H,72,85)(H,73,82)(H,74,86)(H,75,87)(H,76,84)(H,77,89)(H4,62,63,66)/t39-,40-,41+,42-,43-,44-,45-,46-,47-,49-/m0/s1. The number of para-hydroxylation sites is 1. The number of hydrogen-bond acceptors (Lipinski definition) is 16. The minimum atomic E-state index is -1.70. The molecule has 0 spiro atoms. The number of aliphatic imine (C=N–C) groups is 1. The molecule has 7 rings (SSSR count). The number of guanidine groups is 1. The van der Waals surface area contributed by atoms with Crippen LogP contribution >= 0.6 is 21.6 Å². The first-order valence-corrected chi connectivity index (χ1v) is 33.0. The van der Waals surface area contributed by atoms with E-state index in [4.69, 9.17) is 17.2 Å². The van der Waals surface area contributed by atoms with Gasteiger partial charge in [0, 0.05) is 86.3 Å². The van der Waals surface area contributed by atoms with Gasteiger partial charge in [-0.2, -0.15) is 0 Å². The van der Waals surface area contributed by atoms with Crippen molar-refractivity contribution in [3.8, 4) is 0 Å². The quantitative estimate of drug-likeness (QED) is 0.0240. The van der Waals surface area contributed by atoms with E-state index in [2.05, 4.69) is 73.1 Å². The number of likely N-dealkylation sites (tertiary alicyclic amines) is 1. The molecule has 4 aromatic rings. The summed E-state index contributed by atoms with van der Waals surface area (Å²) in [6.45, 7) is 4.61. The number of amides is 12. The first-order chi connectivity index (χ1) is 44.0. The number of benzene rings is 2. The van der Waals surface area contributed by atoms with Gasteiger partial charge in [0.2, 0.25) is 70.9 Å². The van der Waals surface area contributed by atoms with E-state index in [0.717, 1.165) is 28.5 Å². The summed E-state index contributed by atoms with van der Waals surface area (Å²) in [5.41, 5.74) is 19.1. The van der Waals surface area contributed by atoms with Crippen LogP contribution < -0.4 is 70.4 Å². The van der Waals surface area contributed by atoms with Crippen LogP contribution in [0, 0.1) is 5.92 Å². The maximum atomic E-state index is 15.3. The van der Waals surface area contributed by atoms with E-state index in [1.165, 1.54) is 17.4 Å². The number of rotatable bonds is 16. The molecule has 3 fully saturated rings. The Morgan fingerprint density at radius 3 is 2.03 bits per heavy atom. The van der Waals surface area contributed by atoms with Crippen LogP contribution in [0.2, 0.25) is 0 Å². The first-order valence-electron chi connectivity index (χ1n) is 30.5. The van der Waals surface area contributed by atoms with Crippen LogP contribution in [0.4, 0.5) is 0 Å². The zero-order valence-corrected chi connectivity index (χ0v) is 53.0. The van der Waals surface area contributed by atoms with E-state index >= 15 is 14.4 Å². The Balaban J connectivity index is 1.34. The lowest BCUT2D eigenvalue weighted by atomic mass is 10.0. The van der Waals surface area contributed by atoms with Crippen molar-refractivity contribution in [2.24, 2.45) is 28.1 Å². The third kappa shape index (κ3) is 20.7. The lowest BCUT2D eigenvalue weighted by Crippen LogP contribution is -2.61. The maximum Gasteiger partial charge on any atom is 0.245 e. The van der Waals surface area contributed by atoms with Crippen molar-refractivity contribution in [3.63, 3.8) is 0 Å². The topological polar surface area (TPSA) is 463 Å². The second kappa shape index (κ2) is 34.3. The monoisotopic (exact) mass is 1310 g/mol. The number of carbonyl (C=O) groups excluding carboxylic acids is 12. The molecule has 2 aromatic heterocycles. The van der Waals surface area contributed by atoms with Gasteiger partial charge in [-0.3, -0.25) is 62.5 Å². The lowest BCUT2D eigenvalue weighted by Gasteiger charge is -2.31. The van der Waals surface area contributed by atoms with Crippen molar-refractivity contribution < 1.29 is 57.5 Å². The lowest BCUT2D eigenvalue weighted by molar-refractivity contribution is -0.142. The molecule has 0 saturated carbocycles. The van der Waals surface area contributed by atoms with Crippen LogP contribution in [0.5, 0.6) is 0 Å². The summed E-state index contributed by atoms with van der Waals surface area (Å²) in [7, 11) is 1.96. The highest BCUT2D eigenvalue weighted by molar-refractivity contribution is 8.76. The van der Waals surface area contributed by atoms with E-state index in [-0.39, 0.29) is 94.9 Å². The number of carbonyl (C=O) groups is 12. The Labute approximate surface area is 538 Å². The highest BCUT2D eigenvalue weighted by Gasteiger charge is 2.41. The van der Waals surface area contributed by atoms with Crippen LogP contribution in [0.15, 0.2) is 78.3 Å². The van der Waals surface area contributed by atoms with Gasteiger partial charge in [0.25, 0.3) is 0 Å². The molecule has 0 unspecified atom stereocenters. The van der Waals surface area contributed by atoms with Crippen molar-refractivity contribution >= 4 is 109 Å². The van der Waals surface area contributed by atoms with Gasteiger partial charge in [0.15, 0.2) is 5.96 Å². The third-order valence-corrected chi connectivity index (χ3v) is 18.1. The first kappa shape index (κ1) is 70.3. The molecular weight excluding hydrogens is 1230 g/mol. The highest BCUT2D eigenvalue weighted by Crippen LogP contribution is 2.26. The van der Waals surface area contributed by atoms with Crippen LogP contribution in [-0.2, 0) is 76.8 Å². The zero-order chi connectivity index (χ0) is 66.4. The second-order valence-corrected chi connectivity index (χ2v) is 25.7. The second-order valence-electron chi connectivity index (χ2n) is 23.1. The van der Waals surface area contributed by atoms with Crippen molar-refractivity contribution in [2.45, 2.75) is 152 Å². The number of nitrogens with zero attached hydrogens (tertiary/aromatic N) is 3. The fraction of sp³-hybridized carbons (Fsp3) is 0.500. The molecule has 3 saturated heterocycles. The number of fused-ring (bicyclic) bond motifs is 9. The van der Waals surface area contributed by atoms with Gasteiger partial charge in [0.05, 0.1) is 12.7 Å². The molecule has 32 heteroatoms. The number of H-pyrrole nitrogens is 2. The molecule has 92 heavy (non-hydrogen) atoms. The fourth-order valence-electron chi connectivity index (χ4n) is 10.9. The van der Waals surface area contributed by atoms with E-state index in [9.17, 15) is 43.2 Å². The van der Waals surface area contributed by atoms with Gasteiger partial charge in [-0.05, 0) is 68.1 Å². The molecule has 0 radical (unpaired) electrons. The Morgan fingerprint density at radius 2 is 1.34 bits per heavy atom. The largest absolute Gasteiger partial charge is 0.370 e. The minimum absolute atomic E-state index is 0.00450. The van der Waals surface area contributed by atoms with Crippen LogP contribution in [0.25, 0.3) is 10.9 Å².